The van der Waals surface area contributed by atoms with Gasteiger partial charge < -0.3 is 10.8 Å². The molecular weight excluding hydrogens is 356 g/mol. The number of aliphatic hydroxyl groups is 1. The predicted molar refractivity (Wildman–Crippen MR) is 88.6 cm³/mol. The molecule has 0 atom stereocenters. The van der Waals surface area contributed by atoms with E-state index >= 15 is 0 Å². The lowest BCUT2D eigenvalue weighted by Crippen LogP contribution is -2.41. The van der Waals surface area contributed by atoms with Gasteiger partial charge in [-0.1, -0.05) is 29.8 Å². The van der Waals surface area contributed by atoms with E-state index in [2.05, 4.69) is 15.9 Å². The van der Waals surface area contributed by atoms with Gasteiger partial charge in [-0.2, -0.15) is 4.31 Å². The molecule has 0 saturated heterocycles. The van der Waals surface area contributed by atoms with Crippen molar-refractivity contribution in [2.24, 2.45) is 0 Å². The Morgan fingerprint density at radius 2 is 1.90 bits per heavy atom. The van der Waals surface area contributed by atoms with Crippen LogP contribution in [0.5, 0.6) is 0 Å². The van der Waals surface area contributed by atoms with Gasteiger partial charge in [0.25, 0.3) is 0 Å². The van der Waals surface area contributed by atoms with Crippen LogP contribution in [0.3, 0.4) is 0 Å². The van der Waals surface area contributed by atoms with Gasteiger partial charge in [-0.05, 0) is 37.5 Å². The van der Waals surface area contributed by atoms with Crippen LogP contribution in [-0.2, 0) is 10.0 Å². The molecule has 0 unspecified atom stereocenters. The summed E-state index contributed by atoms with van der Waals surface area (Å²) < 4.78 is 27.9. The Hall–Kier alpha value is -0.630. The van der Waals surface area contributed by atoms with E-state index in [1.807, 2.05) is 13.8 Å². The number of sulfonamides is 1. The SMILES string of the molecule is CCC(CC)N(CCO)S(=O)(=O)c1cc(Br)cc(N)c1C. The van der Waals surface area contributed by atoms with E-state index in [1.54, 1.807) is 19.1 Å². The van der Waals surface area contributed by atoms with Crippen molar-refractivity contribution in [3.8, 4) is 0 Å². The summed E-state index contributed by atoms with van der Waals surface area (Å²) in [6.07, 6.45) is 1.39. The number of benzene rings is 1. The number of aliphatic hydroxyl groups excluding tert-OH is 1. The molecule has 0 aliphatic heterocycles. The number of nitrogens with two attached hydrogens (primary N) is 1. The number of nitrogen functional groups attached to an aromatic ring is 1. The number of halogens is 1. The fourth-order valence-electron chi connectivity index (χ4n) is 2.36. The van der Waals surface area contributed by atoms with Gasteiger partial charge >= 0.3 is 0 Å². The highest BCUT2D eigenvalue weighted by atomic mass is 79.9. The van der Waals surface area contributed by atoms with E-state index in [0.29, 0.717) is 28.6 Å². The van der Waals surface area contributed by atoms with Gasteiger partial charge in [0.05, 0.1) is 11.5 Å². The summed E-state index contributed by atoms with van der Waals surface area (Å²) >= 11 is 3.29. The third-order valence-electron chi connectivity index (χ3n) is 3.62. The molecule has 3 N–H and O–H groups in total. The van der Waals surface area contributed by atoms with Crippen molar-refractivity contribution in [1.82, 2.24) is 4.31 Å². The lowest BCUT2D eigenvalue weighted by atomic mass is 10.2. The van der Waals surface area contributed by atoms with E-state index in [1.165, 1.54) is 4.31 Å². The lowest BCUT2D eigenvalue weighted by molar-refractivity contribution is 0.219. The highest BCUT2D eigenvalue weighted by Crippen LogP contribution is 2.30. The van der Waals surface area contributed by atoms with Gasteiger partial charge in [-0.3, -0.25) is 0 Å². The molecule has 0 radical (unpaired) electrons. The maximum atomic E-state index is 12.9. The molecule has 0 spiro atoms. The Kier molecular flexibility index (Phi) is 6.65. The van der Waals surface area contributed by atoms with Crippen molar-refractivity contribution in [3.05, 3.63) is 22.2 Å². The van der Waals surface area contributed by atoms with Crippen LogP contribution in [0, 0.1) is 6.92 Å². The standard InChI is InChI=1S/C14H23BrN2O3S/c1-4-12(5-2)17(6-7-18)21(19,20)14-9-11(15)8-13(16)10(14)3/h8-9,12,18H,4-7,16H2,1-3H3. The van der Waals surface area contributed by atoms with Gasteiger partial charge in [0.2, 0.25) is 10.0 Å². The zero-order valence-corrected chi connectivity index (χ0v) is 15.0. The average Bonchev–Trinajstić information content (AvgIpc) is 2.42. The minimum absolute atomic E-state index is 0.0839. The van der Waals surface area contributed by atoms with Crippen molar-refractivity contribution in [3.63, 3.8) is 0 Å². The second-order valence-electron chi connectivity index (χ2n) is 4.93. The Labute approximate surface area is 135 Å². The summed E-state index contributed by atoms with van der Waals surface area (Å²) in [5.74, 6) is 0. The van der Waals surface area contributed by atoms with Crippen molar-refractivity contribution >= 4 is 31.6 Å². The van der Waals surface area contributed by atoms with E-state index in [0.717, 1.165) is 0 Å². The highest BCUT2D eigenvalue weighted by molar-refractivity contribution is 9.10. The molecule has 0 amide bonds. The molecule has 0 aromatic heterocycles. The first kappa shape index (κ1) is 18.4. The largest absolute Gasteiger partial charge is 0.398 e. The topological polar surface area (TPSA) is 83.6 Å². The Bertz CT molecular complexity index is 586. The van der Waals surface area contributed by atoms with Crippen LogP contribution >= 0.6 is 15.9 Å². The number of hydrogen-bond acceptors (Lipinski definition) is 4. The van der Waals surface area contributed by atoms with Crippen LogP contribution in [0.1, 0.15) is 32.3 Å². The van der Waals surface area contributed by atoms with E-state index in [9.17, 15) is 13.5 Å². The molecule has 1 aromatic carbocycles. The van der Waals surface area contributed by atoms with Crippen LogP contribution in [-0.4, -0.2) is 37.0 Å². The quantitative estimate of drug-likeness (QED) is 0.713. The zero-order valence-electron chi connectivity index (χ0n) is 12.6. The second-order valence-corrected chi connectivity index (χ2v) is 7.70. The molecule has 120 valence electrons. The molecule has 1 rings (SSSR count). The molecule has 1 aromatic rings. The minimum Gasteiger partial charge on any atom is -0.398 e. The highest BCUT2D eigenvalue weighted by Gasteiger charge is 2.31. The summed E-state index contributed by atoms with van der Waals surface area (Å²) in [4.78, 5) is 0.190. The third-order valence-corrected chi connectivity index (χ3v) is 6.16. The fourth-order valence-corrected chi connectivity index (χ4v) is 5.04. The van der Waals surface area contributed by atoms with Gasteiger partial charge in [0, 0.05) is 22.7 Å². The van der Waals surface area contributed by atoms with Crippen LogP contribution in [0.4, 0.5) is 5.69 Å². The van der Waals surface area contributed by atoms with Crippen molar-refractivity contribution < 1.29 is 13.5 Å². The minimum atomic E-state index is -3.70. The molecule has 21 heavy (non-hydrogen) atoms. The van der Waals surface area contributed by atoms with E-state index in [-0.39, 0.29) is 24.1 Å². The monoisotopic (exact) mass is 378 g/mol. The zero-order chi connectivity index (χ0) is 16.2. The normalized spacial score (nSPS) is 12.3. The van der Waals surface area contributed by atoms with Crippen molar-refractivity contribution in [2.45, 2.75) is 44.6 Å². The van der Waals surface area contributed by atoms with Crippen LogP contribution in [0.25, 0.3) is 0 Å². The number of nitrogens with zero attached hydrogens (tertiary/aromatic N) is 1. The molecule has 0 aliphatic rings. The fraction of sp³-hybridized carbons (Fsp3) is 0.571. The molecule has 5 nitrogen and oxygen atoms in total. The van der Waals surface area contributed by atoms with Gasteiger partial charge in [-0.15, -0.1) is 0 Å². The van der Waals surface area contributed by atoms with E-state index in [4.69, 9.17) is 5.73 Å². The predicted octanol–water partition coefficient (Wildman–Crippen LogP) is 2.51. The van der Waals surface area contributed by atoms with Gasteiger partial charge in [0.15, 0.2) is 0 Å². The Morgan fingerprint density at radius 1 is 1.33 bits per heavy atom. The van der Waals surface area contributed by atoms with Crippen LogP contribution in [0.2, 0.25) is 0 Å². The second kappa shape index (κ2) is 7.58. The van der Waals surface area contributed by atoms with E-state index < -0.39 is 10.0 Å². The summed E-state index contributed by atoms with van der Waals surface area (Å²) in [6, 6.07) is 3.11. The summed E-state index contributed by atoms with van der Waals surface area (Å²) in [7, 11) is -3.70. The van der Waals surface area contributed by atoms with Gasteiger partial charge in [-0.25, -0.2) is 8.42 Å². The van der Waals surface area contributed by atoms with Crippen LogP contribution < -0.4 is 5.73 Å². The third kappa shape index (κ3) is 3.97. The number of rotatable bonds is 7. The Morgan fingerprint density at radius 3 is 2.38 bits per heavy atom. The molecule has 0 fully saturated rings. The molecule has 0 aliphatic carbocycles. The Balaban J connectivity index is 3.42. The maximum Gasteiger partial charge on any atom is 0.243 e. The average molecular weight is 379 g/mol. The number of hydrogen-bond donors (Lipinski definition) is 2. The number of anilines is 1. The molecule has 0 saturated carbocycles. The smallest absolute Gasteiger partial charge is 0.243 e. The summed E-state index contributed by atoms with van der Waals surface area (Å²) in [6.45, 7) is 5.45. The molecular formula is C14H23BrN2O3S. The first-order valence-corrected chi connectivity index (χ1v) is 9.21. The summed E-state index contributed by atoms with van der Waals surface area (Å²) in [5.41, 5.74) is 6.83. The van der Waals surface area contributed by atoms with Crippen molar-refractivity contribution in [2.75, 3.05) is 18.9 Å². The maximum absolute atomic E-state index is 12.9. The molecule has 0 heterocycles. The van der Waals surface area contributed by atoms with Crippen molar-refractivity contribution in [1.29, 1.82) is 0 Å². The van der Waals surface area contributed by atoms with Crippen LogP contribution in [0.15, 0.2) is 21.5 Å². The molecule has 0 bridgehead atoms. The van der Waals surface area contributed by atoms with Gasteiger partial charge in [0.1, 0.15) is 0 Å². The molecule has 7 heteroatoms. The first-order valence-electron chi connectivity index (χ1n) is 6.97. The summed E-state index contributed by atoms with van der Waals surface area (Å²) in [5, 5.41) is 9.23. The first-order chi connectivity index (χ1) is 9.79. The lowest BCUT2D eigenvalue weighted by Gasteiger charge is -2.29.